The van der Waals surface area contributed by atoms with Gasteiger partial charge in [0.15, 0.2) is 5.78 Å². The van der Waals surface area contributed by atoms with E-state index in [-0.39, 0.29) is 5.78 Å². The molecule has 0 aromatic heterocycles. The van der Waals surface area contributed by atoms with E-state index in [1.165, 1.54) is 0 Å². The highest BCUT2D eigenvalue weighted by atomic mass is 28.3. The molecule has 0 unspecified atom stereocenters. The lowest BCUT2D eigenvalue weighted by Gasteiger charge is -2.01. The molecule has 9 heavy (non-hydrogen) atoms. The van der Waals surface area contributed by atoms with Crippen LogP contribution >= 0.6 is 0 Å². The Labute approximate surface area is 57.9 Å². The summed E-state index contributed by atoms with van der Waals surface area (Å²) in [4.78, 5) is 10.6. The Balaban J connectivity index is 3.17. The maximum atomic E-state index is 10.6. The van der Waals surface area contributed by atoms with Crippen molar-refractivity contribution < 1.29 is 9.22 Å². The zero-order valence-corrected chi connectivity index (χ0v) is 7.23. The number of ketones is 1. The lowest BCUT2D eigenvalue weighted by molar-refractivity contribution is -0.120. The van der Waals surface area contributed by atoms with Gasteiger partial charge >= 0.3 is 0 Å². The number of Topliss-reactive ketones (excluding diaryl/α,β-unsaturated/α-hetero) is 1. The maximum absolute atomic E-state index is 10.6. The molecule has 3 heteroatoms. The summed E-state index contributed by atoms with van der Waals surface area (Å²) >= 11 is 0. The number of rotatable bonds is 4. The zero-order valence-electron chi connectivity index (χ0n) is 6.23. The fraction of sp³-hybridized carbons (Fsp3) is 0.833. The Morgan fingerprint density at radius 2 is 2.11 bits per heavy atom. The van der Waals surface area contributed by atoms with Gasteiger partial charge in [0.1, 0.15) is 0 Å². The second-order valence-electron chi connectivity index (χ2n) is 2.09. The molecule has 1 radical (unpaired) electrons. The van der Waals surface area contributed by atoms with Crippen molar-refractivity contribution in [1.82, 2.24) is 0 Å². The van der Waals surface area contributed by atoms with Crippen molar-refractivity contribution in [1.29, 1.82) is 0 Å². The van der Waals surface area contributed by atoms with Crippen LogP contribution in [0.3, 0.4) is 0 Å². The van der Waals surface area contributed by atoms with Crippen molar-refractivity contribution in [3.8, 4) is 0 Å². The van der Waals surface area contributed by atoms with Crippen molar-refractivity contribution in [2.24, 2.45) is 0 Å². The van der Waals surface area contributed by atoms with Crippen LogP contribution in [-0.2, 0) is 9.22 Å². The number of hydrogen-bond donors (Lipinski definition) is 0. The van der Waals surface area contributed by atoms with Gasteiger partial charge in [-0.2, -0.15) is 0 Å². The molecule has 0 bridgehead atoms. The second-order valence-corrected chi connectivity index (χ2v) is 4.19. The molecule has 0 rings (SSSR count). The minimum Gasteiger partial charge on any atom is -0.410 e. The largest absolute Gasteiger partial charge is 0.410 e. The van der Waals surface area contributed by atoms with E-state index in [0.717, 1.165) is 0 Å². The highest BCUT2D eigenvalue weighted by Gasteiger charge is 2.00. The Kier molecular flexibility index (Phi) is 4.62. The highest BCUT2D eigenvalue weighted by Crippen LogP contribution is 1.86. The summed E-state index contributed by atoms with van der Waals surface area (Å²) < 4.78 is 5.15. The summed E-state index contributed by atoms with van der Waals surface area (Å²) in [5, 5.41) is 0. The van der Waals surface area contributed by atoms with Gasteiger partial charge in [0.05, 0.1) is 6.61 Å². The van der Waals surface area contributed by atoms with Crippen LogP contribution in [0.5, 0.6) is 0 Å². The first-order valence-corrected chi connectivity index (χ1v) is 5.52. The van der Waals surface area contributed by atoms with Gasteiger partial charge < -0.3 is 4.43 Å². The van der Waals surface area contributed by atoms with E-state index >= 15 is 0 Å². The normalized spacial score (nSPS) is 10.2. The monoisotopic (exact) mass is 145 g/mol. The molecule has 2 nitrogen and oxygen atoms in total. The van der Waals surface area contributed by atoms with E-state index < -0.39 is 9.04 Å². The summed E-state index contributed by atoms with van der Waals surface area (Å²) in [5.74, 6) is 0.196. The number of carbonyl (C=O) groups excluding carboxylic acids is 1. The molecule has 0 heterocycles. The van der Waals surface area contributed by atoms with Crippen molar-refractivity contribution in [3.05, 3.63) is 0 Å². The summed E-state index contributed by atoms with van der Waals surface area (Å²) in [6, 6.07) is 0. The molecular weight excluding hydrogens is 132 g/mol. The predicted octanol–water partition coefficient (Wildman–Crippen LogP) is 1.23. The van der Waals surface area contributed by atoms with Gasteiger partial charge in [0, 0.05) is 6.42 Å². The fourth-order valence-corrected chi connectivity index (χ4v) is 0.777. The molecule has 0 saturated heterocycles. The Morgan fingerprint density at radius 1 is 1.56 bits per heavy atom. The van der Waals surface area contributed by atoms with E-state index in [2.05, 4.69) is 0 Å². The summed E-state index contributed by atoms with van der Waals surface area (Å²) in [6.45, 7) is 6.21. The van der Waals surface area contributed by atoms with Crippen LogP contribution in [0.25, 0.3) is 0 Å². The van der Waals surface area contributed by atoms with E-state index in [4.69, 9.17) is 4.43 Å². The lowest BCUT2D eigenvalue weighted by Crippen LogP contribution is -2.14. The first-order valence-electron chi connectivity index (χ1n) is 3.11. The molecular formula is C6H13O2Si. The minimum atomic E-state index is -0.660. The quantitative estimate of drug-likeness (QED) is 0.556. The molecule has 0 spiro atoms. The van der Waals surface area contributed by atoms with Gasteiger partial charge in [-0.3, -0.25) is 4.79 Å². The average Bonchev–Trinajstić information content (AvgIpc) is 1.83. The van der Waals surface area contributed by atoms with E-state index in [1.807, 2.05) is 20.0 Å². The van der Waals surface area contributed by atoms with Crippen LogP contribution in [0.15, 0.2) is 0 Å². The van der Waals surface area contributed by atoms with Gasteiger partial charge in [-0.05, 0) is 13.1 Å². The molecule has 0 saturated carbocycles. The van der Waals surface area contributed by atoms with Crippen LogP contribution in [-0.4, -0.2) is 21.4 Å². The molecule has 0 aliphatic carbocycles. The standard InChI is InChI=1S/C6H13O2Si/c1-4-6(7)5-8-9(2)3/h4-5H2,1-3H3. The van der Waals surface area contributed by atoms with Crippen LogP contribution in [0.4, 0.5) is 0 Å². The van der Waals surface area contributed by atoms with Crippen molar-refractivity contribution in [3.63, 3.8) is 0 Å². The average molecular weight is 145 g/mol. The Hall–Kier alpha value is -0.153. The molecule has 0 atom stereocenters. The smallest absolute Gasteiger partial charge is 0.205 e. The minimum absolute atomic E-state index is 0.196. The SMILES string of the molecule is CCC(=O)CO[Si](C)C. The van der Waals surface area contributed by atoms with Crippen molar-refractivity contribution >= 4 is 14.8 Å². The number of hydrogen-bond acceptors (Lipinski definition) is 2. The highest BCUT2D eigenvalue weighted by molar-refractivity contribution is 6.48. The molecule has 0 aliphatic heterocycles. The summed E-state index contributed by atoms with van der Waals surface area (Å²) in [6.07, 6.45) is 0.592. The van der Waals surface area contributed by atoms with E-state index in [1.54, 1.807) is 0 Å². The van der Waals surface area contributed by atoms with Crippen LogP contribution in [0, 0.1) is 0 Å². The van der Waals surface area contributed by atoms with E-state index in [9.17, 15) is 4.79 Å². The summed E-state index contributed by atoms with van der Waals surface area (Å²) in [7, 11) is -0.660. The zero-order chi connectivity index (χ0) is 7.28. The van der Waals surface area contributed by atoms with Crippen LogP contribution in [0.2, 0.25) is 13.1 Å². The van der Waals surface area contributed by atoms with Gasteiger partial charge in [0.2, 0.25) is 9.04 Å². The lowest BCUT2D eigenvalue weighted by atomic mass is 10.3. The predicted molar refractivity (Wildman–Crippen MR) is 38.7 cm³/mol. The molecule has 0 aliphatic rings. The molecule has 0 aromatic rings. The van der Waals surface area contributed by atoms with Gasteiger partial charge in [-0.25, -0.2) is 0 Å². The first kappa shape index (κ1) is 8.85. The van der Waals surface area contributed by atoms with Crippen LogP contribution in [0.1, 0.15) is 13.3 Å². The number of carbonyl (C=O) groups is 1. The summed E-state index contributed by atoms with van der Waals surface area (Å²) in [5.41, 5.74) is 0. The van der Waals surface area contributed by atoms with E-state index in [0.29, 0.717) is 13.0 Å². The first-order chi connectivity index (χ1) is 4.16. The third kappa shape index (κ3) is 5.72. The van der Waals surface area contributed by atoms with Gasteiger partial charge in [-0.15, -0.1) is 0 Å². The topological polar surface area (TPSA) is 26.3 Å². The van der Waals surface area contributed by atoms with Crippen molar-refractivity contribution in [2.75, 3.05) is 6.61 Å². The van der Waals surface area contributed by atoms with Crippen molar-refractivity contribution in [2.45, 2.75) is 26.4 Å². The molecule has 0 amide bonds. The third-order valence-electron chi connectivity index (χ3n) is 0.916. The molecule has 0 aromatic carbocycles. The third-order valence-corrected chi connectivity index (χ3v) is 1.64. The Bertz CT molecular complexity index is 91.1. The molecule has 53 valence electrons. The molecule has 0 N–H and O–H groups in total. The fourth-order valence-electron chi connectivity index (χ4n) is 0.327. The van der Waals surface area contributed by atoms with Gasteiger partial charge in [0.25, 0.3) is 0 Å². The Morgan fingerprint density at radius 3 is 2.44 bits per heavy atom. The second kappa shape index (κ2) is 4.70. The van der Waals surface area contributed by atoms with Gasteiger partial charge in [-0.1, -0.05) is 6.92 Å². The van der Waals surface area contributed by atoms with Crippen LogP contribution < -0.4 is 0 Å². The molecule has 0 fully saturated rings. The maximum Gasteiger partial charge on any atom is 0.205 e.